The first-order valence-electron chi connectivity index (χ1n) is 8.73. The number of piperazine rings is 1. The quantitative estimate of drug-likeness (QED) is 0.801. The van der Waals surface area contributed by atoms with Crippen LogP contribution in [-0.2, 0) is 4.79 Å². The van der Waals surface area contributed by atoms with Gasteiger partial charge in [0.25, 0.3) is 0 Å². The second-order valence-corrected chi connectivity index (χ2v) is 7.31. The first-order chi connectivity index (χ1) is 11.5. The molecule has 2 aliphatic rings. The van der Waals surface area contributed by atoms with Crippen molar-refractivity contribution in [2.45, 2.75) is 32.2 Å². The largest absolute Gasteiger partial charge is 0.337 e. The molecular formula is C20H25N3O. The van der Waals surface area contributed by atoms with Gasteiger partial charge < -0.3 is 4.90 Å². The Kier molecular flexibility index (Phi) is 4.73. The van der Waals surface area contributed by atoms with Crippen LogP contribution >= 0.6 is 0 Å². The van der Waals surface area contributed by atoms with Crippen molar-refractivity contribution >= 4 is 12.0 Å². The van der Waals surface area contributed by atoms with E-state index in [1.54, 1.807) is 18.2 Å². The van der Waals surface area contributed by atoms with Gasteiger partial charge in [0.2, 0.25) is 5.91 Å². The van der Waals surface area contributed by atoms with Gasteiger partial charge in [-0.15, -0.1) is 0 Å². The van der Waals surface area contributed by atoms with Crippen LogP contribution in [0, 0.1) is 17.2 Å². The highest BCUT2D eigenvalue weighted by atomic mass is 16.2. The number of amides is 1. The van der Waals surface area contributed by atoms with E-state index in [2.05, 4.69) is 24.8 Å². The molecule has 0 atom stereocenters. The summed E-state index contributed by atoms with van der Waals surface area (Å²) < 4.78 is 0. The smallest absolute Gasteiger partial charge is 0.246 e. The molecule has 1 heterocycles. The summed E-state index contributed by atoms with van der Waals surface area (Å²) in [5, 5.41) is 8.80. The van der Waals surface area contributed by atoms with Crippen LogP contribution in [0.3, 0.4) is 0 Å². The average Bonchev–Trinajstić information content (AvgIpc) is 3.46. The minimum atomic E-state index is 0.0724. The molecule has 1 amide bonds. The maximum atomic E-state index is 12.4. The lowest BCUT2D eigenvalue weighted by Gasteiger charge is -2.44. The maximum Gasteiger partial charge on any atom is 0.246 e. The zero-order valence-electron chi connectivity index (χ0n) is 14.5. The zero-order chi connectivity index (χ0) is 17.2. The van der Waals surface area contributed by atoms with Crippen molar-refractivity contribution in [3.05, 3.63) is 41.5 Å². The minimum Gasteiger partial charge on any atom is -0.337 e. The summed E-state index contributed by atoms with van der Waals surface area (Å²) >= 11 is 0. The fraction of sp³-hybridized carbons (Fsp3) is 0.500. The molecule has 0 N–H and O–H groups in total. The molecule has 24 heavy (non-hydrogen) atoms. The van der Waals surface area contributed by atoms with Crippen molar-refractivity contribution in [3.63, 3.8) is 0 Å². The van der Waals surface area contributed by atoms with Crippen molar-refractivity contribution < 1.29 is 4.79 Å². The van der Waals surface area contributed by atoms with Crippen LogP contribution in [-0.4, -0.2) is 47.4 Å². The van der Waals surface area contributed by atoms with Crippen molar-refractivity contribution in [1.82, 2.24) is 9.80 Å². The van der Waals surface area contributed by atoms with Crippen LogP contribution < -0.4 is 0 Å². The summed E-state index contributed by atoms with van der Waals surface area (Å²) in [6.07, 6.45) is 6.16. The van der Waals surface area contributed by atoms with Gasteiger partial charge in [0.15, 0.2) is 0 Å². The SMILES string of the molecule is CC(C)(C1CC1)N1CCN(C(=O)C=Cc2ccc(C#N)cc2)CC1. The Morgan fingerprint density at radius 3 is 2.33 bits per heavy atom. The van der Waals surface area contributed by atoms with E-state index >= 15 is 0 Å². The highest BCUT2D eigenvalue weighted by Crippen LogP contribution is 2.42. The molecule has 126 valence electrons. The molecule has 3 rings (SSSR count). The molecule has 0 unspecified atom stereocenters. The van der Waals surface area contributed by atoms with Crippen LogP contribution in [0.1, 0.15) is 37.8 Å². The van der Waals surface area contributed by atoms with Gasteiger partial charge in [-0.25, -0.2) is 0 Å². The predicted octanol–water partition coefficient (Wildman–Crippen LogP) is 2.90. The first-order valence-corrected chi connectivity index (χ1v) is 8.73. The molecule has 4 nitrogen and oxygen atoms in total. The van der Waals surface area contributed by atoms with Crippen molar-refractivity contribution in [3.8, 4) is 6.07 Å². The van der Waals surface area contributed by atoms with Crippen LogP contribution in [0.4, 0.5) is 0 Å². The lowest BCUT2D eigenvalue weighted by molar-refractivity contribution is -0.128. The molecule has 1 aliphatic heterocycles. The Balaban J connectivity index is 1.53. The van der Waals surface area contributed by atoms with Gasteiger partial charge in [-0.05, 0) is 56.4 Å². The van der Waals surface area contributed by atoms with Crippen LogP contribution in [0.2, 0.25) is 0 Å². The molecule has 1 aliphatic carbocycles. The Morgan fingerprint density at radius 2 is 1.79 bits per heavy atom. The van der Waals surface area contributed by atoms with E-state index in [9.17, 15) is 4.79 Å². The minimum absolute atomic E-state index is 0.0724. The van der Waals surface area contributed by atoms with E-state index < -0.39 is 0 Å². The van der Waals surface area contributed by atoms with Crippen LogP contribution in [0.25, 0.3) is 6.08 Å². The van der Waals surface area contributed by atoms with Gasteiger partial charge >= 0.3 is 0 Å². The summed E-state index contributed by atoms with van der Waals surface area (Å²) in [6, 6.07) is 9.35. The number of benzene rings is 1. The topological polar surface area (TPSA) is 47.3 Å². The predicted molar refractivity (Wildman–Crippen MR) is 95.1 cm³/mol. The highest BCUT2D eigenvalue weighted by molar-refractivity contribution is 5.91. The maximum absolute atomic E-state index is 12.4. The van der Waals surface area contributed by atoms with Crippen LogP contribution in [0.15, 0.2) is 30.3 Å². The lowest BCUT2D eigenvalue weighted by Crippen LogP contribution is -2.56. The molecular weight excluding hydrogens is 298 g/mol. The van der Waals surface area contributed by atoms with E-state index in [-0.39, 0.29) is 11.4 Å². The number of rotatable bonds is 4. The first kappa shape index (κ1) is 16.7. The molecule has 1 aromatic rings. The summed E-state index contributed by atoms with van der Waals surface area (Å²) in [6.45, 7) is 8.19. The average molecular weight is 323 g/mol. The second kappa shape index (κ2) is 6.78. The second-order valence-electron chi connectivity index (χ2n) is 7.31. The fourth-order valence-corrected chi connectivity index (χ4v) is 3.49. The van der Waals surface area contributed by atoms with Crippen molar-refractivity contribution in [2.24, 2.45) is 5.92 Å². The Morgan fingerprint density at radius 1 is 1.17 bits per heavy atom. The third-order valence-corrected chi connectivity index (χ3v) is 5.44. The van der Waals surface area contributed by atoms with Gasteiger partial charge in [-0.2, -0.15) is 5.26 Å². The van der Waals surface area contributed by atoms with Gasteiger partial charge in [-0.3, -0.25) is 9.69 Å². The highest BCUT2D eigenvalue weighted by Gasteiger charge is 2.42. The van der Waals surface area contributed by atoms with Crippen molar-refractivity contribution in [1.29, 1.82) is 5.26 Å². The van der Waals surface area contributed by atoms with Gasteiger partial charge in [0.05, 0.1) is 11.6 Å². The molecule has 0 aromatic heterocycles. The fourth-order valence-electron chi connectivity index (χ4n) is 3.49. The Bertz CT molecular complexity index is 657. The number of nitriles is 1. The molecule has 0 spiro atoms. The number of hydrogen-bond acceptors (Lipinski definition) is 3. The van der Waals surface area contributed by atoms with E-state index in [4.69, 9.17) is 5.26 Å². The summed E-state index contributed by atoms with van der Waals surface area (Å²) in [7, 11) is 0. The molecule has 4 heteroatoms. The zero-order valence-corrected chi connectivity index (χ0v) is 14.5. The van der Waals surface area contributed by atoms with Gasteiger partial charge in [-0.1, -0.05) is 12.1 Å². The third-order valence-electron chi connectivity index (χ3n) is 5.44. The molecule has 0 bridgehead atoms. The molecule has 0 radical (unpaired) electrons. The number of carbonyl (C=O) groups excluding carboxylic acids is 1. The number of hydrogen-bond donors (Lipinski definition) is 0. The Hall–Kier alpha value is -2.12. The van der Waals surface area contributed by atoms with E-state index in [0.717, 1.165) is 37.7 Å². The van der Waals surface area contributed by atoms with E-state index in [1.807, 2.05) is 23.1 Å². The molecule has 1 saturated carbocycles. The number of carbonyl (C=O) groups is 1. The van der Waals surface area contributed by atoms with Gasteiger partial charge in [0, 0.05) is 37.8 Å². The van der Waals surface area contributed by atoms with E-state index in [1.165, 1.54) is 12.8 Å². The molecule has 1 aromatic carbocycles. The lowest BCUT2D eigenvalue weighted by atomic mass is 9.95. The number of nitrogens with zero attached hydrogens (tertiary/aromatic N) is 3. The monoisotopic (exact) mass is 323 g/mol. The summed E-state index contributed by atoms with van der Waals surface area (Å²) in [4.78, 5) is 16.8. The summed E-state index contributed by atoms with van der Waals surface area (Å²) in [5.74, 6) is 0.902. The normalized spacial score (nSPS) is 19.5. The third kappa shape index (κ3) is 3.68. The summed E-state index contributed by atoms with van der Waals surface area (Å²) in [5.41, 5.74) is 1.84. The van der Waals surface area contributed by atoms with Gasteiger partial charge in [0.1, 0.15) is 0 Å². The standard InChI is InChI=1S/C20H25N3O/c1-20(2,18-8-9-18)23-13-11-22(12-14-23)19(24)10-7-16-3-5-17(15-21)6-4-16/h3-7,10,18H,8-9,11-14H2,1-2H3. The van der Waals surface area contributed by atoms with Crippen molar-refractivity contribution in [2.75, 3.05) is 26.2 Å². The van der Waals surface area contributed by atoms with Crippen LogP contribution in [0.5, 0.6) is 0 Å². The van der Waals surface area contributed by atoms with E-state index in [0.29, 0.717) is 5.56 Å². The Labute approximate surface area is 144 Å². The molecule has 2 fully saturated rings. The molecule has 1 saturated heterocycles.